The summed E-state index contributed by atoms with van der Waals surface area (Å²) in [5, 5.41) is 17.3. The second kappa shape index (κ2) is 5.05. The standard InChI is InChI=1S/C11H11NO2/c1-14-11-7-9(3-2-6-12)4-5-10(11)8-13/h2-5,7,13H,8H2,1H3. The second-order valence-electron chi connectivity index (χ2n) is 2.69. The summed E-state index contributed by atoms with van der Waals surface area (Å²) in [4.78, 5) is 0. The number of ether oxygens (including phenoxy) is 1. The summed E-state index contributed by atoms with van der Waals surface area (Å²) in [5.74, 6) is 0.632. The number of aliphatic hydroxyl groups excluding tert-OH is 1. The third-order valence-electron chi connectivity index (χ3n) is 1.83. The lowest BCUT2D eigenvalue weighted by Gasteiger charge is -2.06. The number of hydrogen-bond donors (Lipinski definition) is 1. The predicted octanol–water partition coefficient (Wildman–Crippen LogP) is 1.72. The molecule has 0 heterocycles. The van der Waals surface area contributed by atoms with Gasteiger partial charge in [-0.1, -0.05) is 12.1 Å². The zero-order chi connectivity index (χ0) is 10.4. The van der Waals surface area contributed by atoms with Crippen molar-refractivity contribution in [2.75, 3.05) is 7.11 Å². The quantitative estimate of drug-likeness (QED) is 0.736. The molecular formula is C11H11NO2. The topological polar surface area (TPSA) is 53.2 Å². The molecular weight excluding hydrogens is 178 g/mol. The second-order valence-corrected chi connectivity index (χ2v) is 2.69. The first-order valence-corrected chi connectivity index (χ1v) is 4.15. The number of benzene rings is 1. The van der Waals surface area contributed by atoms with Crippen molar-refractivity contribution >= 4 is 6.08 Å². The number of allylic oxidation sites excluding steroid dienone is 1. The van der Waals surface area contributed by atoms with Gasteiger partial charge in [-0.2, -0.15) is 5.26 Å². The number of rotatable bonds is 3. The molecule has 72 valence electrons. The van der Waals surface area contributed by atoms with Crippen molar-refractivity contribution in [1.29, 1.82) is 5.26 Å². The molecule has 0 radical (unpaired) electrons. The van der Waals surface area contributed by atoms with Crippen molar-refractivity contribution in [1.82, 2.24) is 0 Å². The maximum atomic E-state index is 8.97. The van der Waals surface area contributed by atoms with E-state index in [0.717, 1.165) is 11.1 Å². The number of nitrogens with zero attached hydrogens (tertiary/aromatic N) is 1. The van der Waals surface area contributed by atoms with Gasteiger partial charge in [-0.05, 0) is 17.7 Å². The third-order valence-corrected chi connectivity index (χ3v) is 1.83. The van der Waals surface area contributed by atoms with Gasteiger partial charge in [0.05, 0.1) is 19.8 Å². The Morgan fingerprint density at radius 2 is 2.36 bits per heavy atom. The third kappa shape index (κ3) is 2.35. The SMILES string of the molecule is COc1cc(C=CC#N)ccc1CO. The monoisotopic (exact) mass is 189 g/mol. The summed E-state index contributed by atoms with van der Waals surface area (Å²) in [6.07, 6.45) is 3.08. The number of aliphatic hydroxyl groups is 1. The Bertz CT molecular complexity index is 377. The molecule has 0 aliphatic carbocycles. The molecule has 0 saturated heterocycles. The van der Waals surface area contributed by atoms with Gasteiger partial charge >= 0.3 is 0 Å². The van der Waals surface area contributed by atoms with Crippen molar-refractivity contribution in [3.63, 3.8) is 0 Å². The van der Waals surface area contributed by atoms with Crippen LogP contribution in [0.3, 0.4) is 0 Å². The Kier molecular flexibility index (Phi) is 3.71. The Morgan fingerprint density at radius 3 is 2.93 bits per heavy atom. The summed E-state index contributed by atoms with van der Waals surface area (Å²) in [6.45, 7) is -0.0502. The number of nitriles is 1. The first-order valence-electron chi connectivity index (χ1n) is 4.15. The molecule has 3 heteroatoms. The maximum absolute atomic E-state index is 8.97. The van der Waals surface area contributed by atoms with Crippen LogP contribution in [0.5, 0.6) is 5.75 Å². The van der Waals surface area contributed by atoms with Gasteiger partial charge in [-0.15, -0.1) is 0 Å². The summed E-state index contributed by atoms with van der Waals surface area (Å²) >= 11 is 0. The highest BCUT2D eigenvalue weighted by atomic mass is 16.5. The van der Waals surface area contributed by atoms with E-state index in [0.29, 0.717) is 5.75 Å². The molecule has 3 nitrogen and oxygen atoms in total. The van der Waals surface area contributed by atoms with Crippen molar-refractivity contribution in [3.05, 3.63) is 35.4 Å². The fourth-order valence-electron chi connectivity index (χ4n) is 1.13. The molecule has 0 aliphatic rings. The molecule has 0 amide bonds. The molecule has 1 aromatic carbocycles. The summed E-state index contributed by atoms with van der Waals surface area (Å²) in [5.41, 5.74) is 1.61. The van der Waals surface area contributed by atoms with E-state index in [2.05, 4.69) is 0 Å². The maximum Gasteiger partial charge on any atom is 0.124 e. The lowest BCUT2D eigenvalue weighted by atomic mass is 10.1. The van der Waals surface area contributed by atoms with Crippen molar-refractivity contribution in [2.45, 2.75) is 6.61 Å². The minimum Gasteiger partial charge on any atom is -0.496 e. The lowest BCUT2D eigenvalue weighted by Crippen LogP contribution is -1.91. The van der Waals surface area contributed by atoms with Crippen molar-refractivity contribution in [2.24, 2.45) is 0 Å². The first-order chi connectivity index (χ1) is 6.81. The van der Waals surface area contributed by atoms with Gasteiger partial charge in [0.15, 0.2) is 0 Å². The van der Waals surface area contributed by atoms with Crippen molar-refractivity contribution < 1.29 is 9.84 Å². The molecule has 0 aliphatic heterocycles. The van der Waals surface area contributed by atoms with Crippen LogP contribution in [0, 0.1) is 11.3 Å². The van der Waals surface area contributed by atoms with Crippen LogP contribution in [-0.2, 0) is 6.61 Å². The lowest BCUT2D eigenvalue weighted by molar-refractivity contribution is 0.274. The average molecular weight is 189 g/mol. The summed E-state index contributed by atoms with van der Waals surface area (Å²) in [6, 6.07) is 7.28. The van der Waals surface area contributed by atoms with Gasteiger partial charge in [0.1, 0.15) is 5.75 Å². The van der Waals surface area contributed by atoms with Crippen LogP contribution in [-0.4, -0.2) is 12.2 Å². The van der Waals surface area contributed by atoms with E-state index >= 15 is 0 Å². The molecule has 0 spiro atoms. The van der Waals surface area contributed by atoms with Crippen LogP contribution >= 0.6 is 0 Å². The van der Waals surface area contributed by atoms with E-state index in [1.165, 1.54) is 6.08 Å². The molecule has 1 N–H and O–H groups in total. The number of hydrogen-bond acceptors (Lipinski definition) is 3. The molecule has 0 atom stereocenters. The largest absolute Gasteiger partial charge is 0.496 e. The Morgan fingerprint density at radius 1 is 1.57 bits per heavy atom. The zero-order valence-electron chi connectivity index (χ0n) is 7.90. The average Bonchev–Trinajstić information content (AvgIpc) is 2.25. The summed E-state index contributed by atoms with van der Waals surface area (Å²) < 4.78 is 5.08. The van der Waals surface area contributed by atoms with Crippen LogP contribution in [0.4, 0.5) is 0 Å². The van der Waals surface area contributed by atoms with Crippen molar-refractivity contribution in [3.8, 4) is 11.8 Å². The van der Waals surface area contributed by atoms with Gasteiger partial charge in [-0.25, -0.2) is 0 Å². The van der Waals surface area contributed by atoms with Crippen LogP contribution in [0.15, 0.2) is 24.3 Å². The highest BCUT2D eigenvalue weighted by molar-refractivity contribution is 5.55. The van der Waals surface area contributed by atoms with Crippen LogP contribution in [0.1, 0.15) is 11.1 Å². The molecule has 0 bridgehead atoms. The fourth-order valence-corrected chi connectivity index (χ4v) is 1.13. The van der Waals surface area contributed by atoms with Crippen LogP contribution in [0.25, 0.3) is 6.08 Å². The van der Waals surface area contributed by atoms with Gasteiger partial charge in [0.2, 0.25) is 0 Å². The molecule has 0 saturated carbocycles. The van der Waals surface area contributed by atoms with E-state index in [9.17, 15) is 0 Å². The van der Waals surface area contributed by atoms with Gasteiger partial charge < -0.3 is 9.84 Å². The summed E-state index contributed by atoms with van der Waals surface area (Å²) in [7, 11) is 1.55. The highest BCUT2D eigenvalue weighted by Gasteiger charge is 2.01. The fraction of sp³-hybridized carbons (Fsp3) is 0.182. The molecule has 1 rings (SSSR count). The highest BCUT2D eigenvalue weighted by Crippen LogP contribution is 2.20. The van der Waals surface area contributed by atoms with E-state index in [4.69, 9.17) is 15.1 Å². The minimum atomic E-state index is -0.0502. The molecule has 0 fully saturated rings. The van der Waals surface area contributed by atoms with E-state index < -0.39 is 0 Å². The van der Waals surface area contributed by atoms with Gasteiger partial charge in [-0.3, -0.25) is 0 Å². The Balaban J connectivity index is 3.02. The number of methoxy groups -OCH3 is 1. The first kappa shape index (κ1) is 10.3. The zero-order valence-corrected chi connectivity index (χ0v) is 7.90. The minimum absolute atomic E-state index is 0.0502. The molecule has 1 aromatic rings. The van der Waals surface area contributed by atoms with E-state index in [-0.39, 0.29) is 6.61 Å². The molecule has 0 aromatic heterocycles. The van der Waals surface area contributed by atoms with E-state index in [1.54, 1.807) is 25.3 Å². The van der Waals surface area contributed by atoms with Crippen LogP contribution < -0.4 is 4.74 Å². The Hall–Kier alpha value is -1.79. The van der Waals surface area contributed by atoms with Crippen LogP contribution in [0.2, 0.25) is 0 Å². The smallest absolute Gasteiger partial charge is 0.124 e. The van der Waals surface area contributed by atoms with Gasteiger partial charge in [0.25, 0.3) is 0 Å². The molecule has 14 heavy (non-hydrogen) atoms. The molecule has 0 unspecified atom stereocenters. The van der Waals surface area contributed by atoms with Gasteiger partial charge in [0, 0.05) is 11.6 Å². The normalized spacial score (nSPS) is 10.1. The van der Waals surface area contributed by atoms with E-state index in [1.807, 2.05) is 12.1 Å². The predicted molar refractivity (Wildman–Crippen MR) is 53.6 cm³/mol. The Labute approximate surface area is 82.9 Å².